The summed E-state index contributed by atoms with van der Waals surface area (Å²) in [6.07, 6.45) is 3.41. The molecule has 0 aliphatic rings. The zero-order valence-electron chi connectivity index (χ0n) is 12.0. The second-order valence-corrected chi connectivity index (χ2v) is 5.48. The first-order valence-corrected chi connectivity index (χ1v) is 7.15. The van der Waals surface area contributed by atoms with Crippen LogP contribution in [0.15, 0.2) is 42.7 Å². The first kappa shape index (κ1) is 14.4. The van der Waals surface area contributed by atoms with Crippen molar-refractivity contribution in [3.8, 4) is 0 Å². The van der Waals surface area contributed by atoms with Gasteiger partial charge in [-0.1, -0.05) is 23.7 Å². The lowest BCUT2D eigenvalue weighted by molar-refractivity contribution is 0.100. The molecular formula is C16H15ClN4O. The van der Waals surface area contributed by atoms with E-state index >= 15 is 0 Å². The molecule has 2 aromatic heterocycles. The van der Waals surface area contributed by atoms with Crippen molar-refractivity contribution in [2.75, 3.05) is 5.32 Å². The molecule has 3 rings (SSSR count). The normalized spacial score (nSPS) is 10.8. The van der Waals surface area contributed by atoms with E-state index < -0.39 is 5.91 Å². The van der Waals surface area contributed by atoms with Crippen LogP contribution in [0, 0.1) is 0 Å². The summed E-state index contributed by atoms with van der Waals surface area (Å²) in [7, 11) is 2.01. The highest BCUT2D eigenvalue weighted by Gasteiger charge is 2.10. The number of halogens is 1. The van der Waals surface area contributed by atoms with Crippen LogP contribution in [0.3, 0.4) is 0 Å². The number of nitrogens with zero attached hydrogens (tertiary/aromatic N) is 2. The summed E-state index contributed by atoms with van der Waals surface area (Å²) in [6.45, 7) is 0.557. The number of nitrogens with one attached hydrogen (secondary N) is 1. The molecule has 0 spiro atoms. The van der Waals surface area contributed by atoms with E-state index in [9.17, 15) is 4.79 Å². The van der Waals surface area contributed by atoms with Gasteiger partial charge in [0, 0.05) is 31.5 Å². The molecule has 1 aromatic carbocycles. The number of fused-ring (bicyclic) bond motifs is 1. The Hall–Kier alpha value is -2.53. The summed E-state index contributed by atoms with van der Waals surface area (Å²) < 4.78 is 2.07. The van der Waals surface area contributed by atoms with Crippen LogP contribution in [0.4, 0.5) is 5.69 Å². The van der Waals surface area contributed by atoms with Crippen molar-refractivity contribution in [3.63, 3.8) is 0 Å². The molecule has 6 heteroatoms. The Morgan fingerprint density at radius 2 is 2.18 bits per heavy atom. The number of carbonyl (C=O) groups is 1. The fourth-order valence-corrected chi connectivity index (χ4v) is 2.55. The quantitative estimate of drug-likeness (QED) is 0.727. The summed E-state index contributed by atoms with van der Waals surface area (Å²) in [6, 6.07) is 9.89. The van der Waals surface area contributed by atoms with E-state index in [1.807, 2.05) is 19.3 Å². The van der Waals surface area contributed by atoms with Crippen LogP contribution < -0.4 is 11.1 Å². The van der Waals surface area contributed by atoms with Crippen LogP contribution >= 0.6 is 11.6 Å². The SMILES string of the molecule is Cn1ccc2ccc(CNc3cc(Cl)ncc3C(N)=O)cc21. The lowest BCUT2D eigenvalue weighted by atomic mass is 10.1. The predicted molar refractivity (Wildman–Crippen MR) is 88.0 cm³/mol. The Labute approximate surface area is 132 Å². The molecule has 0 bridgehead atoms. The fraction of sp³-hybridized carbons (Fsp3) is 0.125. The van der Waals surface area contributed by atoms with Gasteiger partial charge < -0.3 is 15.6 Å². The van der Waals surface area contributed by atoms with Gasteiger partial charge in [-0.3, -0.25) is 4.79 Å². The molecule has 0 saturated heterocycles. The molecule has 112 valence electrons. The van der Waals surface area contributed by atoms with E-state index in [0.29, 0.717) is 22.9 Å². The summed E-state index contributed by atoms with van der Waals surface area (Å²) in [5.74, 6) is -0.537. The molecule has 22 heavy (non-hydrogen) atoms. The molecule has 0 atom stereocenters. The van der Waals surface area contributed by atoms with Gasteiger partial charge in [-0.25, -0.2) is 4.98 Å². The monoisotopic (exact) mass is 314 g/mol. The molecule has 0 saturated carbocycles. The largest absolute Gasteiger partial charge is 0.380 e. The van der Waals surface area contributed by atoms with Crippen molar-refractivity contribution < 1.29 is 4.79 Å². The van der Waals surface area contributed by atoms with E-state index in [4.69, 9.17) is 17.3 Å². The van der Waals surface area contributed by atoms with Crippen molar-refractivity contribution in [1.82, 2.24) is 9.55 Å². The van der Waals surface area contributed by atoms with E-state index in [1.54, 1.807) is 6.07 Å². The van der Waals surface area contributed by atoms with Gasteiger partial charge in [-0.2, -0.15) is 0 Å². The number of carbonyl (C=O) groups excluding carboxylic acids is 1. The number of rotatable bonds is 4. The minimum Gasteiger partial charge on any atom is -0.380 e. The van der Waals surface area contributed by atoms with Crippen LogP contribution in [-0.2, 0) is 13.6 Å². The first-order chi connectivity index (χ1) is 10.5. The van der Waals surface area contributed by atoms with Gasteiger partial charge >= 0.3 is 0 Å². The molecule has 0 aliphatic carbocycles. The topological polar surface area (TPSA) is 72.9 Å². The van der Waals surface area contributed by atoms with E-state index in [-0.39, 0.29) is 0 Å². The van der Waals surface area contributed by atoms with Crippen LogP contribution in [0.2, 0.25) is 5.15 Å². The number of benzene rings is 1. The molecule has 2 heterocycles. The van der Waals surface area contributed by atoms with Gasteiger partial charge in [0.25, 0.3) is 5.91 Å². The number of anilines is 1. The number of hydrogen-bond acceptors (Lipinski definition) is 3. The van der Waals surface area contributed by atoms with Gasteiger partial charge in [0.1, 0.15) is 5.15 Å². The second-order valence-electron chi connectivity index (χ2n) is 5.09. The van der Waals surface area contributed by atoms with E-state index in [2.05, 4.69) is 33.1 Å². The molecule has 5 nitrogen and oxygen atoms in total. The van der Waals surface area contributed by atoms with E-state index in [0.717, 1.165) is 11.1 Å². The molecule has 0 radical (unpaired) electrons. The Balaban J connectivity index is 1.86. The van der Waals surface area contributed by atoms with Crippen LogP contribution in [-0.4, -0.2) is 15.5 Å². The summed E-state index contributed by atoms with van der Waals surface area (Å²) in [4.78, 5) is 15.3. The minimum atomic E-state index is -0.537. The number of amides is 1. The zero-order valence-corrected chi connectivity index (χ0v) is 12.8. The molecule has 1 amide bonds. The van der Waals surface area contributed by atoms with Gasteiger partial charge in [-0.05, 0) is 29.1 Å². The third-order valence-electron chi connectivity index (χ3n) is 3.57. The molecule has 0 unspecified atom stereocenters. The second kappa shape index (κ2) is 5.69. The Morgan fingerprint density at radius 1 is 1.36 bits per heavy atom. The van der Waals surface area contributed by atoms with Crippen molar-refractivity contribution in [1.29, 1.82) is 0 Å². The number of primary amides is 1. The van der Waals surface area contributed by atoms with Gasteiger partial charge in [-0.15, -0.1) is 0 Å². The maximum atomic E-state index is 11.4. The Kier molecular flexibility index (Phi) is 3.73. The maximum absolute atomic E-state index is 11.4. The summed E-state index contributed by atoms with van der Waals surface area (Å²) >= 11 is 5.88. The average Bonchev–Trinajstić information content (AvgIpc) is 2.86. The standard InChI is InChI=1S/C16H15ClN4O/c1-21-5-4-11-3-2-10(6-14(11)21)8-19-13-7-15(17)20-9-12(13)16(18)22/h2-7,9H,8H2,1H3,(H2,18,22)(H,19,20). The zero-order chi connectivity index (χ0) is 15.7. The van der Waals surface area contributed by atoms with Crippen molar-refractivity contribution >= 4 is 34.1 Å². The lowest BCUT2D eigenvalue weighted by Gasteiger charge is -2.10. The predicted octanol–water partition coefficient (Wildman–Crippen LogP) is 2.94. The number of pyridine rings is 1. The third kappa shape index (κ3) is 2.76. The Bertz CT molecular complexity index is 856. The van der Waals surface area contributed by atoms with Crippen LogP contribution in [0.5, 0.6) is 0 Å². The number of aromatic nitrogens is 2. The highest BCUT2D eigenvalue weighted by atomic mass is 35.5. The Morgan fingerprint density at radius 3 is 2.95 bits per heavy atom. The summed E-state index contributed by atoms with van der Waals surface area (Å²) in [5, 5.41) is 4.69. The van der Waals surface area contributed by atoms with Crippen LogP contribution in [0.1, 0.15) is 15.9 Å². The number of aryl methyl sites for hydroxylation is 1. The van der Waals surface area contributed by atoms with E-state index in [1.165, 1.54) is 11.6 Å². The minimum absolute atomic E-state index is 0.311. The molecule has 0 aliphatic heterocycles. The van der Waals surface area contributed by atoms with Crippen molar-refractivity contribution in [2.45, 2.75) is 6.54 Å². The highest BCUT2D eigenvalue weighted by molar-refractivity contribution is 6.29. The highest BCUT2D eigenvalue weighted by Crippen LogP contribution is 2.21. The molecule has 0 fully saturated rings. The van der Waals surface area contributed by atoms with Gasteiger partial charge in [0.2, 0.25) is 0 Å². The molecular weight excluding hydrogens is 300 g/mol. The number of nitrogens with two attached hydrogens (primary N) is 1. The summed E-state index contributed by atoms with van der Waals surface area (Å²) in [5.41, 5.74) is 8.50. The molecule has 3 aromatic rings. The first-order valence-electron chi connectivity index (χ1n) is 6.78. The fourth-order valence-electron chi connectivity index (χ4n) is 2.39. The van der Waals surface area contributed by atoms with Crippen molar-refractivity contribution in [2.24, 2.45) is 12.8 Å². The van der Waals surface area contributed by atoms with Crippen LogP contribution in [0.25, 0.3) is 10.9 Å². The average molecular weight is 315 g/mol. The third-order valence-corrected chi connectivity index (χ3v) is 3.78. The smallest absolute Gasteiger partial charge is 0.252 e. The van der Waals surface area contributed by atoms with Crippen molar-refractivity contribution in [3.05, 3.63) is 59.0 Å². The van der Waals surface area contributed by atoms with Gasteiger partial charge in [0.15, 0.2) is 0 Å². The molecule has 3 N–H and O–H groups in total. The number of hydrogen-bond donors (Lipinski definition) is 2. The maximum Gasteiger partial charge on any atom is 0.252 e. The van der Waals surface area contributed by atoms with Gasteiger partial charge in [0.05, 0.1) is 11.3 Å². The lowest BCUT2D eigenvalue weighted by Crippen LogP contribution is -2.15.